The van der Waals surface area contributed by atoms with Crippen molar-refractivity contribution in [3.05, 3.63) is 83.0 Å². The van der Waals surface area contributed by atoms with Crippen LogP contribution in [-0.2, 0) is 6.54 Å². The highest BCUT2D eigenvalue weighted by molar-refractivity contribution is 6.07. The second kappa shape index (κ2) is 9.16. The normalized spacial score (nSPS) is 15.0. The fourth-order valence-corrected chi connectivity index (χ4v) is 4.55. The second-order valence-electron chi connectivity index (χ2n) is 8.72. The molecule has 3 heterocycles. The largest absolute Gasteiger partial charge is 0.337 e. The first-order valence-electron chi connectivity index (χ1n) is 11.5. The summed E-state index contributed by atoms with van der Waals surface area (Å²) in [4.78, 5) is 22.8. The molecule has 5 rings (SSSR count). The van der Waals surface area contributed by atoms with Crippen LogP contribution in [0.3, 0.4) is 0 Å². The number of pyridine rings is 1. The third kappa shape index (κ3) is 4.39. The summed E-state index contributed by atoms with van der Waals surface area (Å²) in [6.45, 7) is 8.19. The van der Waals surface area contributed by atoms with Crippen LogP contribution in [0.1, 0.15) is 33.6 Å². The van der Waals surface area contributed by atoms with Crippen molar-refractivity contribution in [3.63, 3.8) is 0 Å². The lowest BCUT2D eigenvalue weighted by Crippen LogP contribution is -2.35. The number of benzene rings is 2. The van der Waals surface area contributed by atoms with Gasteiger partial charge < -0.3 is 9.42 Å². The number of hydrogen-bond acceptors (Lipinski definition) is 5. The van der Waals surface area contributed by atoms with E-state index in [0.29, 0.717) is 28.9 Å². The Hall–Kier alpha value is -3.51. The zero-order valence-electron chi connectivity index (χ0n) is 19.1. The zero-order chi connectivity index (χ0) is 22.8. The van der Waals surface area contributed by atoms with E-state index in [1.54, 1.807) is 0 Å². The number of carbonyl (C=O) groups is 1. The van der Waals surface area contributed by atoms with Gasteiger partial charge in [0.25, 0.3) is 11.6 Å². The van der Waals surface area contributed by atoms with Crippen LogP contribution in [0.5, 0.6) is 0 Å². The van der Waals surface area contributed by atoms with Crippen LogP contribution < -0.4 is 0 Å². The number of aryl methyl sites for hydroxylation is 2. The highest BCUT2D eigenvalue weighted by Crippen LogP contribution is 2.28. The van der Waals surface area contributed by atoms with Crippen molar-refractivity contribution in [3.8, 4) is 11.3 Å². The molecule has 0 N–H and O–H groups in total. The fraction of sp³-hybridized carbons (Fsp3) is 0.296. The van der Waals surface area contributed by atoms with E-state index >= 15 is 0 Å². The maximum atomic E-state index is 13.7. The summed E-state index contributed by atoms with van der Waals surface area (Å²) in [6, 6.07) is 20.3. The van der Waals surface area contributed by atoms with Crippen LogP contribution in [0.4, 0.5) is 0 Å². The van der Waals surface area contributed by atoms with Crippen molar-refractivity contribution in [2.45, 2.75) is 26.8 Å². The Labute approximate surface area is 193 Å². The lowest BCUT2D eigenvalue weighted by Gasteiger charge is -2.23. The predicted molar refractivity (Wildman–Crippen MR) is 129 cm³/mol. The lowest BCUT2D eigenvalue weighted by molar-refractivity contribution is 0.0763. The van der Waals surface area contributed by atoms with Crippen LogP contribution in [0, 0.1) is 13.8 Å². The van der Waals surface area contributed by atoms with Gasteiger partial charge in [-0.2, -0.15) is 0 Å². The number of hydrogen-bond donors (Lipinski definition) is 0. The molecule has 33 heavy (non-hydrogen) atoms. The number of nitrogens with zero attached hydrogens (tertiary/aromatic N) is 4. The molecule has 1 aliphatic rings. The molecule has 0 saturated carbocycles. The quantitative estimate of drug-likeness (QED) is 0.454. The molecule has 2 aromatic carbocycles. The van der Waals surface area contributed by atoms with Crippen molar-refractivity contribution >= 4 is 17.0 Å². The summed E-state index contributed by atoms with van der Waals surface area (Å²) in [5, 5.41) is 4.80. The third-order valence-corrected chi connectivity index (χ3v) is 6.45. The van der Waals surface area contributed by atoms with Gasteiger partial charge in [-0.25, -0.2) is 4.98 Å². The predicted octanol–water partition coefficient (Wildman–Crippen LogP) is 4.85. The number of amides is 1. The average Bonchev–Trinajstić information content (AvgIpc) is 3.06. The molecule has 1 fully saturated rings. The molecular weight excluding hydrogens is 412 g/mol. The van der Waals surface area contributed by atoms with Crippen molar-refractivity contribution in [2.24, 2.45) is 0 Å². The monoisotopic (exact) mass is 440 g/mol. The van der Waals surface area contributed by atoms with Crippen LogP contribution in [0.2, 0.25) is 0 Å². The molecular formula is C27H28N4O2. The van der Waals surface area contributed by atoms with Crippen molar-refractivity contribution in [1.82, 2.24) is 19.9 Å². The van der Waals surface area contributed by atoms with Crippen molar-refractivity contribution < 1.29 is 9.32 Å². The van der Waals surface area contributed by atoms with Gasteiger partial charge in [0.1, 0.15) is 0 Å². The molecule has 0 radical (unpaired) electrons. The minimum atomic E-state index is 0.0172. The molecule has 0 bridgehead atoms. The van der Waals surface area contributed by atoms with Crippen molar-refractivity contribution in [2.75, 3.05) is 26.2 Å². The zero-order valence-corrected chi connectivity index (χ0v) is 19.1. The standard InChI is InChI=1S/C27H28N4O2/c1-19-9-6-7-12-22(19)18-30-13-8-14-31(16-15-30)27(32)23-17-24(21-10-4-3-5-11-21)28-26-25(23)20(2)29-33-26/h3-7,9-12,17H,8,13-16,18H2,1-2H3. The van der Waals surface area contributed by atoms with E-state index in [0.717, 1.165) is 43.9 Å². The van der Waals surface area contributed by atoms with Crippen LogP contribution in [-0.4, -0.2) is 52.0 Å². The fourth-order valence-electron chi connectivity index (χ4n) is 4.55. The third-order valence-electron chi connectivity index (χ3n) is 6.45. The highest BCUT2D eigenvalue weighted by atomic mass is 16.5. The van der Waals surface area contributed by atoms with E-state index in [9.17, 15) is 4.79 Å². The molecule has 2 aromatic heterocycles. The number of carbonyl (C=O) groups excluding carboxylic acids is 1. The van der Waals surface area contributed by atoms with E-state index in [-0.39, 0.29) is 5.91 Å². The summed E-state index contributed by atoms with van der Waals surface area (Å²) in [5.41, 5.74) is 6.04. The molecule has 168 valence electrons. The minimum Gasteiger partial charge on any atom is -0.337 e. The summed E-state index contributed by atoms with van der Waals surface area (Å²) in [6.07, 6.45) is 0.944. The topological polar surface area (TPSA) is 62.5 Å². The van der Waals surface area contributed by atoms with Crippen LogP contribution in [0.25, 0.3) is 22.4 Å². The van der Waals surface area contributed by atoms with Gasteiger partial charge in [-0.1, -0.05) is 59.8 Å². The summed E-state index contributed by atoms with van der Waals surface area (Å²) < 4.78 is 5.47. The Morgan fingerprint density at radius 2 is 1.76 bits per heavy atom. The van der Waals surface area contributed by atoms with Crippen molar-refractivity contribution in [1.29, 1.82) is 0 Å². The molecule has 6 nitrogen and oxygen atoms in total. The second-order valence-corrected chi connectivity index (χ2v) is 8.72. The maximum Gasteiger partial charge on any atom is 0.259 e. The maximum absolute atomic E-state index is 13.7. The van der Waals surface area contributed by atoms with Crippen LogP contribution >= 0.6 is 0 Å². The first-order valence-corrected chi connectivity index (χ1v) is 11.5. The van der Waals surface area contributed by atoms with E-state index in [2.05, 4.69) is 46.2 Å². The van der Waals surface area contributed by atoms with Gasteiger partial charge >= 0.3 is 0 Å². The number of aromatic nitrogens is 2. The van der Waals surface area contributed by atoms with Crippen LogP contribution in [0.15, 0.2) is 65.2 Å². The van der Waals surface area contributed by atoms with E-state index < -0.39 is 0 Å². The molecule has 1 amide bonds. The van der Waals surface area contributed by atoms with Gasteiger partial charge in [0, 0.05) is 38.3 Å². The number of fused-ring (bicyclic) bond motifs is 1. The first-order chi connectivity index (χ1) is 16.1. The molecule has 0 aliphatic carbocycles. The van der Waals surface area contributed by atoms with E-state index in [1.807, 2.05) is 48.2 Å². The van der Waals surface area contributed by atoms with Gasteiger partial charge in [0.2, 0.25) is 0 Å². The van der Waals surface area contributed by atoms with Gasteiger partial charge in [-0.05, 0) is 37.5 Å². The molecule has 0 unspecified atom stereocenters. The Morgan fingerprint density at radius 1 is 0.970 bits per heavy atom. The summed E-state index contributed by atoms with van der Waals surface area (Å²) in [7, 11) is 0. The van der Waals surface area contributed by atoms with Gasteiger partial charge in [-0.3, -0.25) is 9.69 Å². The molecule has 1 saturated heterocycles. The lowest BCUT2D eigenvalue weighted by atomic mass is 10.0. The Balaban J connectivity index is 1.40. The summed E-state index contributed by atoms with van der Waals surface area (Å²) in [5.74, 6) is 0.0172. The highest BCUT2D eigenvalue weighted by Gasteiger charge is 2.25. The minimum absolute atomic E-state index is 0.0172. The van der Waals surface area contributed by atoms with Gasteiger partial charge in [0.15, 0.2) is 0 Å². The summed E-state index contributed by atoms with van der Waals surface area (Å²) >= 11 is 0. The molecule has 0 atom stereocenters. The molecule has 6 heteroatoms. The molecule has 0 spiro atoms. The Morgan fingerprint density at radius 3 is 2.58 bits per heavy atom. The SMILES string of the molecule is Cc1ccccc1CN1CCCN(C(=O)c2cc(-c3ccccc3)nc3onc(C)c23)CC1. The average molecular weight is 441 g/mol. The van der Waals surface area contributed by atoms with E-state index in [4.69, 9.17) is 4.52 Å². The number of rotatable bonds is 4. The van der Waals surface area contributed by atoms with Gasteiger partial charge in [0.05, 0.1) is 22.3 Å². The van der Waals surface area contributed by atoms with Gasteiger partial charge in [-0.15, -0.1) is 0 Å². The molecule has 4 aromatic rings. The molecule has 1 aliphatic heterocycles. The first kappa shape index (κ1) is 21.3. The van der Waals surface area contributed by atoms with E-state index in [1.165, 1.54) is 11.1 Å². The Kier molecular flexibility index (Phi) is 5.92. The smallest absolute Gasteiger partial charge is 0.259 e. The Bertz CT molecular complexity index is 1280.